The van der Waals surface area contributed by atoms with Crippen LogP contribution in [0.2, 0.25) is 0 Å². The quantitative estimate of drug-likeness (QED) is 0.792. The fourth-order valence-electron chi connectivity index (χ4n) is 3.47. The van der Waals surface area contributed by atoms with Crippen molar-refractivity contribution in [1.82, 2.24) is 10.2 Å². The second kappa shape index (κ2) is 6.72. The second-order valence-corrected chi connectivity index (χ2v) is 5.89. The third-order valence-corrected chi connectivity index (χ3v) is 4.44. The minimum Gasteiger partial charge on any atom is -0.381 e. The van der Waals surface area contributed by atoms with E-state index in [4.69, 9.17) is 4.74 Å². The summed E-state index contributed by atoms with van der Waals surface area (Å²) in [5, 5.41) is 3.45. The maximum absolute atomic E-state index is 5.62. The van der Waals surface area contributed by atoms with Crippen LogP contribution >= 0.6 is 0 Å². The van der Waals surface area contributed by atoms with E-state index in [9.17, 15) is 0 Å². The highest BCUT2D eigenvalue weighted by Gasteiger charge is 2.26. The Kier molecular flexibility index (Phi) is 5.26. The van der Waals surface area contributed by atoms with Gasteiger partial charge in [-0.25, -0.2) is 0 Å². The second-order valence-electron chi connectivity index (χ2n) is 5.89. The molecule has 0 aromatic carbocycles. The van der Waals surface area contributed by atoms with Gasteiger partial charge in [0.2, 0.25) is 0 Å². The Morgan fingerprint density at radius 3 is 2.65 bits per heavy atom. The number of hydrogen-bond acceptors (Lipinski definition) is 3. The van der Waals surface area contributed by atoms with Gasteiger partial charge in [0.05, 0.1) is 6.61 Å². The molecule has 3 nitrogen and oxygen atoms in total. The first-order chi connectivity index (χ1) is 8.29. The average molecular weight is 240 g/mol. The van der Waals surface area contributed by atoms with Crippen LogP contribution in [-0.4, -0.2) is 51.3 Å². The predicted molar refractivity (Wildman–Crippen MR) is 71.2 cm³/mol. The molecule has 2 rings (SSSR count). The lowest BCUT2D eigenvalue weighted by Crippen LogP contribution is -2.46. The van der Waals surface area contributed by atoms with E-state index in [0.717, 1.165) is 19.1 Å². The molecule has 0 spiro atoms. The SMILES string of the molecule is CNC1CCOCC1CN(C)CC1CCCC1. The summed E-state index contributed by atoms with van der Waals surface area (Å²) in [6.45, 7) is 4.32. The highest BCUT2D eigenvalue weighted by atomic mass is 16.5. The number of hydrogen-bond donors (Lipinski definition) is 1. The van der Waals surface area contributed by atoms with Crippen LogP contribution in [-0.2, 0) is 4.74 Å². The van der Waals surface area contributed by atoms with Gasteiger partial charge in [-0.15, -0.1) is 0 Å². The molecule has 2 fully saturated rings. The van der Waals surface area contributed by atoms with Crippen molar-refractivity contribution in [3.63, 3.8) is 0 Å². The molecule has 0 aromatic heterocycles. The van der Waals surface area contributed by atoms with E-state index < -0.39 is 0 Å². The first-order valence-corrected chi connectivity index (χ1v) is 7.23. The van der Waals surface area contributed by atoms with Crippen LogP contribution < -0.4 is 5.32 Å². The molecule has 1 saturated heterocycles. The molecule has 17 heavy (non-hydrogen) atoms. The molecule has 3 heteroatoms. The number of ether oxygens (including phenoxy) is 1. The summed E-state index contributed by atoms with van der Waals surface area (Å²) in [5.74, 6) is 1.62. The molecule has 1 aliphatic heterocycles. The minimum atomic E-state index is 0.648. The van der Waals surface area contributed by atoms with Crippen molar-refractivity contribution in [2.24, 2.45) is 11.8 Å². The van der Waals surface area contributed by atoms with Crippen molar-refractivity contribution >= 4 is 0 Å². The zero-order valence-electron chi connectivity index (χ0n) is 11.5. The molecule has 2 aliphatic rings. The van der Waals surface area contributed by atoms with Crippen molar-refractivity contribution in [3.05, 3.63) is 0 Å². The smallest absolute Gasteiger partial charge is 0.0521 e. The molecular formula is C14H28N2O. The highest BCUT2D eigenvalue weighted by molar-refractivity contribution is 4.81. The Balaban J connectivity index is 1.73. The van der Waals surface area contributed by atoms with Crippen molar-refractivity contribution in [1.29, 1.82) is 0 Å². The lowest BCUT2D eigenvalue weighted by atomic mass is 9.95. The zero-order valence-corrected chi connectivity index (χ0v) is 11.5. The van der Waals surface area contributed by atoms with Crippen molar-refractivity contribution in [2.45, 2.75) is 38.1 Å². The van der Waals surface area contributed by atoms with Gasteiger partial charge >= 0.3 is 0 Å². The average Bonchev–Trinajstić information content (AvgIpc) is 2.82. The van der Waals surface area contributed by atoms with Gasteiger partial charge in [-0.05, 0) is 39.3 Å². The highest BCUT2D eigenvalue weighted by Crippen LogP contribution is 2.25. The van der Waals surface area contributed by atoms with E-state index >= 15 is 0 Å². The van der Waals surface area contributed by atoms with E-state index in [1.54, 1.807) is 0 Å². The van der Waals surface area contributed by atoms with Crippen LogP contribution in [0.4, 0.5) is 0 Å². The number of nitrogens with zero attached hydrogens (tertiary/aromatic N) is 1. The Hall–Kier alpha value is -0.120. The molecule has 1 aliphatic carbocycles. The van der Waals surface area contributed by atoms with E-state index in [0.29, 0.717) is 12.0 Å². The molecule has 1 heterocycles. The van der Waals surface area contributed by atoms with Crippen LogP contribution in [0.15, 0.2) is 0 Å². The van der Waals surface area contributed by atoms with E-state index in [-0.39, 0.29) is 0 Å². The van der Waals surface area contributed by atoms with Crippen molar-refractivity contribution < 1.29 is 4.74 Å². The number of rotatable bonds is 5. The Morgan fingerprint density at radius 2 is 1.94 bits per heavy atom. The van der Waals surface area contributed by atoms with Gasteiger partial charge in [0.25, 0.3) is 0 Å². The fourth-order valence-corrected chi connectivity index (χ4v) is 3.47. The van der Waals surface area contributed by atoms with E-state index in [1.807, 2.05) is 0 Å². The lowest BCUT2D eigenvalue weighted by molar-refractivity contribution is 0.0201. The van der Waals surface area contributed by atoms with Gasteiger partial charge in [-0.2, -0.15) is 0 Å². The monoisotopic (exact) mass is 240 g/mol. The maximum Gasteiger partial charge on any atom is 0.0521 e. The molecule has 0 aromatic rings. The largest absolute Gasteiger partial charge is 0.381 e. The fraction of sp³-hybridized carbons (Fsp3) is 1.00. The third kappa shape index (κ3) is 3.94. The molecule has 0 amide bonds. The summed E-state index contributed by atoms with van der Waals surface area (Å²) in [6.07, 6.45) is 6.95. The standard InChI is InChI=1S/C14H28N2O/c1-15-14-7-8-17-11-13(14)10-16(2)9-12-5-3-4-6-12/h12-15H,3-11H2,1-2H3. The molecule has 1 saturated carbocycles. The van der Waals surface area contributed by atoms with Crippen LogP contribution in [0.3, 0.4) is 0 Å². The van der Waals surface area contributed by atoms with Crippen LogP contribution in [0.5, 0.6) is 0 Å². The van der Waals surface area contributed by atoms with Crippen molar-refractivity contribution in [3.8, 4) is 0 Å². The van der Waals surface area contributed by atoms with Crippen LogP contribution in [0.1, 0.15) is 32.1 Å². The van der Waals surface area contributed by atoms with E-state index in [2.05, 4.69) is 24.3 Å². The van der Waals surface area contributed by atoms with Crippen molar-refractivity contribution in [2.75, 3.05) is 40.4 Å². The Morgan fingerprint density at radius 1 is 1.18 bits per heavy atom. The van der Waals surface area contributed by atoms with Gasteiger partial charge in [0.1, 0.15) is 0 Å². The first kappa shape index (κ1) is 13.3. The molecule has 2 atom stereocenters. The molecular weight excluding hydrogens is 212 g/mol. The maximum atomic E-state index is 5.62. The van der Waals surface area contributed by atoms with Gasteiger partial charge in [0, 0.05) is 31.7 Å². The Bertz CT molecular complexity index is 216. The lowest BCUT2D eigenvalue weighted by Gasteiger charge is -2.34. The molecule has 100 valence electrons. The zero-order chi connectivity index (χ0) is 12.1. The molecule has 2 unspecified atom stereocenters. The summed E-state index contributed by atoms with van der Waals surface area (Å²) in [5.41, 5.74) is 0. The molecule has 0 bridgehead atoms. The Labute approximate surface area is 106 Å². The topological polar surface area (TPSA) is 24.5 Å². The summed E-state index contributed by atoms with van der Waals surface area (Å²) >= 11 is 0. The van der Waals surface area contributed by atoms with Gasteiger partial charge in [0.15, 0.2) is 0 Å². The predicted octanol–water partition coefficient (Wildman–Crippen LogP) is 1.73. The van der Waals surface area contributed by atoms with Gasteiger partial charge in [-0.3, -0.25) is 0 Å². The summed E-state index contributed by atoms with van der Waals surface area (Å²) < 4.78 is 5.62. The number of nitrogens with one attached hydrogen (secondary N) is 1. The summed E-state index contributed by atoms with van der Waals surface area (Å²) in [6, 6.07) is 0.648. The minimum absolute atomic E-state index is 0.648. The van der Waals surface area contributed by atoms with E-state index in [1.165, 1.54) is 45.2 Å². The normalized spacial score (nSPS) is 31.2. The summed E-state index contributed by atoms with van der Waals surface area (Å²) in [4.78, 5) is 2.53. The van der Waals surface area contributed by atoms with Gasteiger partial charge < -0.3 is 15.0 Å². The van der Waals surface area contributed by atoms with Gasteiger partial charge in [-0.1, -0.05) is 12.8 Å². The van der Waals surface area contributed by atoms with Crippen LogP contribution in [0, 0.1) is 11.8 Å². The first-order valence-electron chi connectivity index (χ1n) is 7.23. The van der Waals surface area contributed by atoms with Crippen LogP contribution in [0.25, 0.3) is 0 Å². The third-order valence-electron chi connectivity index (χ3n) is 4.44. The molecule has 1 N–H and O–H groups in total. The summed E-state index contributed by atoms with van der Waals surface area (Å²) in [7, 11) is 4.36. The molecule has 0 radical (unpaired) electrons.